The van der Waals surface area contributed by atoms with Crippen LogP contribution in [0.15, 0.2) is 45.6 Å². The van der Waals surface area contributed by atoms with E-state index in [4.69, 9.17) is 23.9 Å². The maximum atomic E-state index is 13.4. The fraction of sp³-hybridized carbons (Fsp3) is 0.481. The van der Waals surface area contributed by atoms with Gasteiger partial charge in [-0.05, 0) is 18.4 Å². The van der Waals surface area contributed by atoms with Crippen LogP contribution in [0.5, 0.6) is 11.5 Å². The van der Waals surface area contributed by atoms with Crippen molar-refractivity contribution in [1.29, 1.82) is 0 Å². The average Bonchev–Trinajstić information content (AvgIpc) is 3.33. The Morgan fingerprint density at radius 2 is 1.74 bits per heavy atom. The number of carbonyl (C=O) groups excluding carboxylic acids is 3. The molecule has 1 aromatic carbocycles. The van der Waals surface area contributed by atoms with E-state index in [0.717, 1.165) is 0 Å². The molecule has 12 heteroatoms. The van der Waals surface area contributed by atoms with Crippen LogP contribution < -0.4 is 9.47 Å². The predicted octanol–water partition coefficient (Wildman–Crippen LogP) is 2.55. The van der Waals surface area contributed by atoms with E-state index in [1.54, 1.807) is 37.0 Å². The number of hydrogen-bond acceptors (Lipinski definition) is 10. The van der Waals surface area contributed by atoms with Gasteiger partial charge in [-0.25, -0.2) is 9.79 Å². The van der Waals surface area contributed by atoms with Crippen molar-refractivity contribution in [3.63, 3.8) is 0 Å². The monoisotopic (exact) mass is 558 g/mol. The molecule has 11 nitrogen and oxygen atoms in total. The van der Waals surface area contributed by atoms with E-state index in [-0.39, 0.29) is 31.4 Å². The highest BCUT2D eigenvalue weighted by Crippen LogP contribution is 2.48. The maximum Gasteiger partial charge on any atom is 0.338 e. The molecule has 0 aromatic heterocycles. The molecule has 2 amide bonds. The number of rotatable bonds is 9. The van der Waals surface area contributed by atoms with Gasteiger partial charge < -0.3 is 33.6 Å². The SMILES string of the molecule is COCCOC(=O)C1=C(C)N=C2SC=C(CC(=O)N3CCN(C(C)=O)CC3)N2C1c1cccc(OC)c1OC. The molecule has 3 aliphatic rings. The number of allylic oxidation sites excluding steroid dienone is 1. The van der Waals surface area contributed by atoms with Crippen molar-refractivity contribution < 1.29 is 33.3 Å². The van der Waals surface area contributed by atoms with Gasteiger partial charge in [0.2, 0.25) is 11.8 Å². The molecule has 4 rings (SSSR count). The molecule has 0 saturated carbocycles. The second kappa shape index (κ2) is 12.6. The molecule has 1 atom stereocenters. The first-order chi connectivity index (χ1) is 18.8. The zero-order valence-electron chi connectivity index (χ0n) is 22.9. The van der Waals surface area contributed by atoms with Gasteiger partial charge in [-0.1, -0.05) is 23.9 Å². The first-order valence-corrected chi connectivity index (χ1v) is 13.5. The van der Waals surface area contributed by atoms with Gasteiger partial charge >= 0.3 is 5.97 Å². The van der Waals surface area contributed by atoms with E-state index in [9.17, 15) is 14.4 Å². The maximum absolute atomic E-state index is 13.4. The Morgan fingerprint density at radius 3 is 2.38 bits per heavy atom. The number of thioether (sulfide) groups is 1. The van der Waals surface area contributed by atoms with Crippen LogP contribution in [0.1, 0.15) is 31.9 Å². The summed E-state index contributed by atoms with van der Waals surface area (Å²) in [5, 5.41) is 2.55. The van der Waals surface area contributed by atoms with E-state index in [2.05, 4.69) is 0 Å². The third kappa shape index (κ3) is 5.91. The van der Waals surface area contributed by atoms with E-state index < -0.39 is 12.0 Å². The number of piperazine rings is 1. The van der Waals surface area contributed by atoms with Crippen molar-refractivity contribution >= 4 is 34.7 Å². The number of esters is 1. The van der Waals surface area contributed by atoms with E-state index in [1.165, 1.54) is 25.8 Å². The number of amides is 2. The van der Waals surface area contributed by atoms with Crippen molar-refractivity contribution in [2.45, 2.75) is 26.3 Å². The molecule has 1 aromatic rings. The molecule has 0 bridgehead atoms. The number of aliphatic imine (C=N–C) groups is 1. The third-order valence-corrected chi connectivity index (χ3v) is 7.77. The summed E-state index contributed by atoms with van der Waals surface area (Å²) in [4.78, 5) is 48.6. The number of amidine groups is 1. The summed E-state index contributed by atoms with van der Waals surface area (Å²) in [5.41, 5.74) is 2.25. The number of para-hydroxylation sites is 1. The lowest BCUT2D eigenvalue weighted by atomic mass is 9.92. The van der Waals surface area contributed by atoms with Gasteiger partial charge in [0.05, 0.1) is 44.6 Å². The molecule has 1 unspecified atom stereocenters. The van der Waals surface area contributed by atoms with Crippen molar-refractivity contribution in [2.24, 2.45) is 4.99 Å². The fourth-order valence-corrected chi connectivity index (χ4v) is 5.85. The molecule has 3 aliphatic heterocycles. The van der Waals surface area contributed by atoms with Crippen LogP contribution in [0.4, 0.5) is 0 Å². The van der Waals surface area contributed by atoms with E-state index >= 15 is 0 Å². The number of nitrogens with zero attached hydrogens (tertiary/aromatic N) is 4. The third-order valence-electron chi connectivity index (χ3n) is 6.88. The van der Waals surface area contributed by atoms with Crippen molar-refractivity contribution in [2.75, 3.05) is 60.7 Å². The summed E-state index contributed by atoms with van der Waals surface area (Å²) in [6, 6.07) is 4.82. The minimum absolute atomic E-state index is 0.00770. The predicted molar refractivity (Wildman–Crippen MR) is 146 cm³/mol. The largest absolute Gasteiger partial charge is 0.493 e. The summed E-state index contributed by atoms with van der Waals surface area (Å²) < 4.78 is 21.9. The Bertz CT molecular complexity index is 1220. The van der Waals surface area contributed by atoms with Crippen LogP contribution in [0.3, 0.4) is 0 Å². The minimum Gasteiger partial charge on any atom is -0.493 e. The standard InChI is InChI=1S/C27H34N4O7S/c1-17-23(26(34)38-14-13-35-3)24(20-7-6-8-21(36-4)25(20)37-5)31-19(16-39-27(31)28-17)15-22(33)30-11-9-29(10-12-30)18(2)32/h6-8,16,24H,9-15H2,1-5H3. The van der Waals surface area contributed by atoms with Crippen molar-refractivity contribution in [3.8, 4) is 11.5 Å². The van der Waals surface area contributed by atoms with Crippen LogP contribution in [0.25, 0.3) is 0 Å². The number of hydrogen-bond donors (Lipinski definition) is 0. The summed E-state index contributed by atoms with van der Waals surface area (Å²) in [6.45, 7) is 5.63. The van der Waals surface area contributed by atoms with Crippen molar-refractivity contribution in [1.82, 2.24) is 14.7 Å². The molecule has 1 fully saturated rings. The molecule has 0 radical (unpaired) electrons. The quantitative estimate of drug-likeness (QED) is 0.334. The summed E-state index contributed by atoms with van der Waals surface area (Å²) >= 11 is 1.40. The number of methoxy groups -OCH3 is 3. The number of ether oxygens (including phenoxy) is 4. The number of benzene rings is 1. The van der Waals surface area contributed by atoms with Gasteiger partial charge in [-0.3, -0.25) is 9.59 Å². The van der Waals surface area contributed by atoms with Gasteiger partial charge in [0.15, 0.2) is 16.7 Å². The van der Waals surface area contributed by atoms with Crippen molar-refractivity contribution in [3.05, 3.63) is 46.1 Å². The Hall–Kier alpha value is -3.51. The normalized spacial score (nSPS) is 18.9. The topological polar surface area (TPSA) is 110 Å². The summed E-state index contributed by atoms with van der Waals surface area (Å²) in [6.07, 6.45) is 0.111. The van der Waals surface area contributed by atoms with Gasteiger partial charge in [0, 0.05) is 51.5 Å². The highest BCUT2D eigenvalue weighted by molar-refractivity contribution is 8.16. The Morgan fingerprint density at radius 1 is 1.03 bits per heavy atom. The first kappa shape index (κ1) is 28.5. The lowest BCUT2D eigenvalue weighted by Gasteiger charge is -2.38. The lowest BCUT2D eigenvalue weighted by Crippen LogP contribution is -2.50. The zero-order valence-corrected chi connectivity index (χ0v) is 23.7. The molecule has 0 aliphatic carbocycles. The zero-order chi connectivity index (χ0) is 28.1. The van der Waals surface area contributed by atoms with E-state index in [1.807, 2.05) is 22.4 Å². The Balaban J connectivity index is 1.68. The lowest BCUT2D eigenvalue weighted by molar-refractivity contribution is -0.141. The molecule has 1 saturated heterocycles. The van der Waals surface area contributed by atoms with E-state index in [0.29, 0.717) is 65.4 Å². The number of fused-ring (bicyclic) bond motifs is 1. The molecule has 0 N–H and O–H groups in total. The Labute approximate surface area is 232 Å². The van der Waals surface area contributed by atoms with Gasteiger partial charge in [-0.2, -0.15) is 0 Å². The molecule has 3 heterocycles. The highest BCUT2D eigenvalue weighted by atomic mass is 32.2. The van der Waals surface area contributed by atoms with Crippen LogP contribution in [0, 0.1) is 0 Å². The molecule has 210 valence electrons. The smallest absolute Gasteiger partial charge is 0.338 e. The Kier molecular flexibility index (Phi) is 9.18. The van der Waals surface area contributed by atoms with Crippen LogP contribution in [0.2, 0.25) is 0 Å². The second-order valence-electron chi connectivity index (χ2n) is 9.17. The summed E-state index contributed by atoms with van der Waals surface area (Å²) in [5.74, 6) is 0.418. The second-order valence-corrected chi connectivity index (χ2v) is 10.0. The minimum atomic E-state index is -0.666. The molecular formula is C27H34N4O7S. The van der Waals surface area contributed by atoms with Gasteiger partial charge in [0.1, 0.15) is 6.61 Å². The fourth-order valence-electron chi connectivity index (χ4n) is 4.89. The van der Waals surface area contributed by atoms with Crippen LogP contribution in [-0.2, 0) is 23.9 Å². The molecular weight excluding hydrogens is 524 g/mol. The van der Waals surface area contributed by atoms with Gasteiger partial charge in [0.25, 0.3) is 0 Å². The molecule has 0 spiro atoms. The average molecular weight is 559 g/mol. The number of carbonyl (C=O) groups is 3. The van der Waals surface area contributed by atoms with Crippen LogP contribution >= 0.6 is 11.8 Å². The van der Waals surface area contributed by atoms with Gasteiger partial charge in [-0.15, -0.1) is 0 Å². The summed E-state index contributed by atoms with van der Waals surface area (Å²) in [7, 11) is 4.64. The first-order valence-electron chi connectivity index (χ1n) is 12.6. The highest BCUT2D eigenvalue weighted by Gasteiger charge is 2.43. The van der Waals surface area contributed by atoms with Crippen LogP contribution in [-0.4, -0.2) is 98.4 Å². The molecule has 39 heavy (non-hydrogen) atoms.